The van der Waals surface area contributed by atoms with Crippen molar-refractivity contribution >= 4 is 23.0 Å². The van der Waals surface area contributed by atoms with E-state index in [1.807, 2.05) is 17.0 Å². The summed E-state index contributed by atoms with van der Waals surface area (Å²) in [6, 6.07) is 7.31. The van der Waals surface area contributed by atoms with Gasteiger partial charge in [0.1, 0.15) is 12.1 Å². The number of carbonyl (C=O) groups is 1. The van der Waals surface area contributed by atoms with E-state index in [0.717, 1.165) is 48.3 Å². The van der Waals surface area contributed by atoms with Crippen molar-refractivity contribution in [1.29, 1.82) is 10.5 Å². The Bertz CT molecular complexity index is 690. The lowest BCUT2D eigenvalue weighted by atomic mass is 9.91. The highest BCUT2D eigenvalue weighted by molar-refractivity contribution is 6.10. The molecule has 3 rings (SSSR count). The zero-order chi connectivity index (χ0) is 14.8. The monoisotopic (exact) mass is 279 g/mol. The van der Waals surface area contributed by atoms with Crippen LogP contribution < -0.4 is 10.3 Å². The van der Waals surface area contributed by atoms with Gasteiger partial charge in [-0.15, -0.1) is 0 Å². The second kappa shape index (κ2) is 5.26. The highest BCUT2D eigenvalue weighted by atomic mass is 16.2. The van der Waals surface area contributed by atoms with E-state index >= 15 is 0 Å². The molecule has 0 saturated heterocycles. The minimum absolute atomic E-state index is 0.193. The highest BCUT2D eigenvalue weighted by Crippen LogP contribution is 2.37. The van der Waals surface area contributed by atoms with Gasteiger partial charge in [-0.25, -0.2) is 0 Å². The maximum atomic E-state index is 12.0. The molecule has 0 saturated carbocycles. The van der Waals surface area contributed by atoms with Gasteiger partial charge < -0.3 is 4.90 Å². The van der Waals surface area contributed by atoms with Crippen LogP contribution in [-0.4, -0.2) is 18.2 Å². The van der Waals surface area contributed by atoms with Crippen molar-refractivity contribution in [2.45, 2.75) is 25.7 Å². The van der Waals surface area contributed by atoms with Crippen LogP contribution >= 0.6 is 0 Å². The average Bonchev–Trinajstić information content (AvgIpc) is 2.52. The number of hydrogen-bond acceptors (Lipinski definition) is 5. The molecule has 0 aromatic heterocycles. The molecule has 0 atom stereocenters. The molecule has 2 aliphatic heterocycles. The third kappa shape index (κ3) is 2.32. The van der Waals surface area contributed by atoms with Gasteiger partial charge in [0.2, 0.25) is 11.6 Å². The van der Waals surface area contributed by atoms with Crippen LogP contribution in [-0.2, 0) is 17.6 Å². The first-order valence-corrected chi connectivity index (χ1v) is 6.83. The summed E-state index contributed by atoms with van der Waals surface area (Å²) in [4.78, 5) is 13.8. The molecule has 104 valence electrons. The molecule has 2 aliphatic rings. The Morgan fingerprint density at radius 1 is 1.19 bits per heavy atom. The van der Waals surface area contributed by atoms with E-state index in [1.165, 1.54) is 0 Å². The Morgan fingerprint density at radius 3 is 2.62 bits per heavy atom. The van der Waals surface area contributed by atoms with Crippen molar-refractivity contribution in [2.75, 3.05) is 16.9 Å². The zero-order valence-electron chi connectivity index (χ0n) is 11.4. The maximum Gasteiger partial charge on any atom is 0.237 e. The molecule has 1 amide bonds. The summed E-state index contributed by atoms with van der Waals surface area (Å²) in [6.07, 6.45) is 3.13. The van der Waals surface area contributed by atoms with Crippen LogP contribution in [0.15, 0.2) is 17.2 Å². The van der Waals surface area contributed by atoms with Crippen molar-refractivity contribution in [1.82, 2.24) is 0 Å². The molecule has 2 heterocycles. The number of anilines is 2. The van der Waals surface area contributed by atoms with Gasteiger partial charge in [0.15, 0.2) is 0 Å². The quantitative estimate of drug-likeness (QED) is 0.659. The molecule has 0 fully saturated rings. The predicted octanol–water partition coefficient (Wildman–Crippen LogP) is 1.73. The SMILES string of the molecule is N#CC(C#N)=NNc1cc2c3c(c1)CCC(=O)N3CCC2. The van der Waals surface area contributed by atoms with Crippen LogP contribution in [0.1, 0.15) is 24.0 Å². The lowest BCUT2D eigenvalue weighted by Crippen LogP contribution is -2.39. The Kier molecular flexibility index (Phi) is 3.29. The normalized spacial score (nSPS) is 15.5. The number of nitrogens with zero attached hydrogens (tertiary/aromatic N) is 4. The smallest absolute Gasteiger partial charge is 0.237 e. The largest absolute Gasteiger partial charge is 0.312 e. The van der Waals surface area contributed by atoms with Crippen molar-refractivity contribution in [2.24, 2.45) is 5.10 Å². The third-order valence-corrected chi connectivity index (χ3v) is 3.78. The van der Waals surface area contributed by atoms with Crippen LogP contribution in [0.3, 0.4) is 0 Å². The minimum atomic E-state index is -0.210. The van der Waals surface area contributed by atoms with Crippen LogP contribution in [0.4, 0.5) is 11.4 Å². The molecule has 1 aromatic rings. The topological polar surface area (TPSA) is 92.3 Å². The van der Waals surface area contributed by atoms with Crippen LogP contribution in [0.5, 0.6) is 0 Å². The lowest BCUT2D eigenvalue weighted by Gasteiger charge is -2.35. The van der Waals surface area contributed by atoms with Gasteiger partial charge in [-0.05, 0) is 42.5 Å². The van der Waals surface area contributed by atoms with Gasteiger partial charge >= 0.3 is 0 Å². The molecular formula is C15H13N5O. The molecule has 0 radical (unpaired) electrons. The fourth-order valence-corrected chi connectivity index (χ4v) is 2.91. The second-order valence-electron chi connectivity index (χ2n) is 5.09. The Balaban J connectivity index is 1.97. The fraction of sp³-hybridized carbons (Fsp3) is 0.333. The number of rotatable bonds is 2. The first-order chi connectivity index (χ1) is 10.2. The van der Waals surface area contributed by atoms with Crippen LogP contribution in [0.2, 0.25) is 0 Å². The summed E-state index contributed by atoms with van der Waals surface area (Å²) in [5.41, 5.74) is 6.60. The average molecular weight is 279 g/mol. The number of nitrogens with one attached hydrogen (secondary N) is 1. The van der Waals surface area contributed by atoms with Crippen LogP contribution in [0.25, 0.3) is 0 Å². The Morgan fingerprint density at radius 2 is 1.90 bits per heavy atom. The Labute approximate surface area is 122 Å². The molecule has 0 bridgehead atoms. The van der Waals surface area contributed by atoms with Gasteiger partial charge in [0.25, 0.3) is 0 Å². The molecule has 0 spiro atoms. The van der Waals surface area contributed by atoms with E-state index < -0.39 is 0 Å². The van der Waals surface area contributed by atoms with Gasteiger partial charge in [-0.1, -0.05) is 0 Å². The van der Waals surface area contributed by atoms with Gasteiger partial charge in [-0.2, -0.15) is 15.6 Å². The van der Waals surface area contributed by atoms with Crippen molar-refractivity contribution in [3.63, 3.8) is 0 Å². The maximum absolute atomic E-state index is 12.0. The van der Waals surface area contributed by atoms with Gasteiger partial charge in [-0.3, -0.25) is 10.2 Å². The number of hydrogen-bond donors (Lipinski definition) is 1. The van der Waals surface area contributed by atoms with Crippen molar-refractivity contribution in [3.8, 4) is 12.1 Å². The third-order valence-electron chi connectivity index (χ3n) is 3.78. The molecule has 0 unspecified atom stereocenters. The van der Waals surface area contributed by atoms with E-state index in [-0.39, 0.29) is 11.6 Å². The van der Waals surface area contributed by atoms with Crippen molar-refractivity contribution in [3.05, 3.63) is 23.3 Å². The number of aryl methyl sites for hydroxylation is 2. The fourth-order valence-electron chi connectivity index (χ4n) is 2.91. The summed E-state index contributed by atoms with van der Waals surface area (Å²) in [6.45, 7) is 0.788. The lowest BCUT2D eigenvalue weighted by molar-refractivity contribution is -0.119. The Hall–Kier alpha value is -2.86. The molecule has 6 nitrogen and oxygen atoms in total. The van der Waals surface area contributed by atoms with Gasteiger partial charge in [0, 0.05) is 13.0 Å². The summed E-state index contributed by atoms with van der Waals surface area (Å²) in [7, 11) is 0. The second-order valence-corrected chi connectivity index (χ2v) is 5.09. The van der Waals surface area contributed by atoms with E-state index in [1.54, 1.807) is 12.1 Å². The molecule has 21 heavy (non-hydrogen) atoms. The van der Waals surface area contributed by atoms with Gasteiger partial charge in [0.05, 0.1) is 11.4 Å². The van der Waals surface area contributed by atoms with Crippen LogP contribution in [0, 0.1) is 22.7 Å². The first-order valence-electron chi connectivity index (χ1n) is 6.83. The number of carbonyl (C=O) groups excluding carboxylic acids is 1. The minimum Gasteiger partial charge on any atom is -0.312 e. The van der Waals surface area contributed by atoms with E-state index in [0.29, 0.717) is 6.42 Å². The molecule has 1 N–H and O–H groups in total. The zero-order valence-corrected chi connectivity index (χ0v) is 11.4. The van der Waals surface area contributed by atoms with Crippen molar-refractivity contribution < 1.29 is 4.79 Å². The molecule has 6 heteroatoms. The summed E-state index contributed by atoms with van der Waals surface area (Å²) >= 11 is 0. The van der Waals surface area contributed by atoms with E-state index in [4.69, 9.17) is 10.5 Å². The standard InChI is InChI=1S/C15H13N5O/c16-8-13(9-17)19-18-12-6-10-2-1-5-20-14(21)4-3-11(7-12)15(10)20/h6-7,18H,1-5H2. The van der Waals surface area contributed by atoms with E-state index in [2.05, 4.69) is 10.5 Å². The molecular weight excluding hydrogens is 266 g/mol. The summed E-state index contributed by atoms with van der Waals surface area (Å²) in [5.74, 6) is 0.193. The molecule has 1 aromatic carbocycles. The summed E-state index contributed by atoms with van der Waals surface area (Å²) < 4.78 is 0. The first kappa shape index (κ1) is 13.1. The highest BCUT2D eigenvalue weighted by Gasteiger charge is 2.29. The van der Waals surface area contributed by atoms with E-state index in [9.17, 15) is 4.79 Å². The molecule has 0 aliphatic carbocycles. The number of hydrazone groups is 1. The number of amides is 1. The predicted molar refractivity (Wildman–Crippen MR) is 77.7 cm³/mol. The number of benzene rings is 1. The number of nitriles is 2. The summed E-state index contributed by atoms with van der Waals surface area (Å²) in [5, 5.41) is 21.1.